The van der Waals surface area contributed by atoms with Gasteiger partial charge in [0.05, 0.1) is 5.56 Å². The number of aromatic hydroxyl groups is 1. The third-order valence-corrected chi connectivity index (χ3v) is 1.75. The SMILES string of the molecule is Cc1ccc(C(=O)C(=O)O)c(O)c1F. The molecule has 0 unspecified atom stereocenters. The first kappa shape index (κ1) is 10.2. The quantitative estimate of drug-likeness (QED) is 0.551. The first-order valence-corrected chi connectivity index (χ1v) is 3.71. The maximum atomic E-state index is 13.0. The molecule has 14 heavy (non-hydrogen) atoms. The number of hydrogen-bond donors (Lipinski definition) is 2. The molecule has 1 aromatic rings. The van der Waals surface area contributed by atoms with Gasteiger partial charge >= 0.3 is 5.97 Å². The van der Waals surface area contributed by atoms with Crippen LogP contribution in [0.4, 0.5) is 4.39 Å². The first-order valence-electron chi connectivity index (χ1n) is 3.71. The van der Waals surface area contributed by atoms with Crippen LogP contribution in [0.5, 0.6) is 5.75 Å². The van der Waals surface area contributed by atoms with E-state index in [1.807, 2.05) is 0 Å². The van der Waals surface area contributed by atoms with Gasteiger partial charge in [-0.05, 0) is 18.6 Å². The van der Waals surface area contributed by atoms with Crippen molar-refractivity contribution in [3.05, 3.63) is 29.1 Å². The number of rotatable bonds is 2. The van der Waals surface area contributed by atoms with Crippen LogP contribution in [0.2, 0.25) is 0 Å². The van der Waals surface area contributed by atoms with Crippen LogP contribution in [0, 0.1) is 12.7 Å². The molecule has 0 radical (unpaired) electrons. The zero-order valence-corrected chi connectivity index (χ0v) is 7.24. The van der Waals surface area contributed by atoms with Gasteiger partial charge in [-0.3, -0.25) is 4.79 Å². The Hall–Kier alpha value is -1.91. The predicted molar refractivity (Wildman–Crippen MR) is 44.8 cm³/mol. The van der Waals surface area contributed by atoms with Crippen molar-refractivity contribution in [1.82, 2.24) is 0 Å². The minimum absolute atomic E-state index is 0.143. The van der Waals surface area contributed by atoms with Crippen LogP contribution in [0.15, 0.2) is 12.1 Å². The molecule has 2 N–H and O–H groups in total. The second kappa shape index (κ2) is 3.45. The van der Waals surface area contributed by atoms with Gasteiger partial charge in [0.25, 0.3) is 5.78 Å². The first-order chi connectivity index (χ1) is 6.45. The average Bonchev–Trinajstić information content (AvgIpc) is 2.13. The van der Waals surface area contributed by atoms with E-state index >= 15 is 0 Å². The van der Waals surface area contributed by atoms with E-state index in [0.29, 0.717) is 0 Å². The Balaban J connectivity index is 3.31. The number of hydrogen-bond acceptors (Lipinski definition) is 3. The standard InChI is InChI=1S/C9H7FO4/c1-4-2-3-5(7(11)6(4)10)8(12)9(13)14/h2-3,11H,1H3,(H,13,14). The van der Waals surface area contributed by atoms with Crippen molar-refractivity contribution >= 4 is 11.8 Å². The van der Waals surface area contributed by atoms with Crippen molar-refractivity contribution in [2.24, 2.45) is 0 Å². The van der Waals surface area contributed by atoms with Crippen molar-refractivity contribution in [3.8, 4) is 5.75 Å². The minimum Gasteiger partial charge on any atom is -0.504 e. The number of carbonyl (C=O) groups is 2. The van der Waals surface area contributed by atoms with Crippen LogP contribution >= 0.6 is 0 Å². The molecule has 5 heteroatoms. The minimum atomic E-state index is -1.73. The Morgan fingerprint density at radius 1 is 1.36 bits per heavy atom. The fraction of sp³-hybridized carbons (Fsp3) is 0.111. The number of phenols is 1. The molecule has 0 aromatic heterocycles. The fourth-order valence-electron chi connectivity index (χ4n) is 0.964. The van der Waals surface area contributed by atoms with Crippen molar-refractivity contribution in [2.75, 3.05) is 0 Å². The van der Waals surface area contributed by atoms with E-state index in [1.54, 1.807) is 0 Å². The number of carboxylic acid groups (broad SMARTS) is 1. The third-order valence-electron chi connectivity index (χ3n) is 1.75. The molecule has 0 heterocycles. The monoisotopic (exact) mass is 198 g/mol. The fourth-order valence-corrected chi connectivity index (χ4v) is 0.964. The molecule has 0 saturated carbocycles. The van der Waals surface area contributed by atoms with Crippen molar-refractivity contribution in [2.45, 2.75) is 6.92 Å². The molecule has 0 bridgehead atoms. The molecule has 1 aromatic carbocycles. The van der Waals surface area contributed by atoms with Crippen LogP contribution in [0.25, 0.3) is 0 Å². The van der Waals surface area contributed by atoms with Gasteiger partial charge in [-0.1, -0.05) is 6.07 Å². The zero-order valence-electron chi connectivity index (χ0n) is 7.24. The summed E-state index contributed by atoms with van der Waals surface area (Å²) >= 11 is 0. The van der Waals surface area contributed by atoms with Gasteiger partial charge in [0.2, 0.25) is 0 Å². The summed E-state index contributed by atoms with van der Waals surface area (Å²) in [5.74, 6) is -4.96. The van der Waals surface area contributed by atoms with E-state index in [0.717, 1.165) is 6.07 Å². The highest BCUT2D eigenvalue weighted by atomic mass is 19.1. The molecule has 1 rings (SSSR count). The lowest BCUT2D eigenvalue weighted by Crippen LogP contribution is -2.13. The van der Waals surface area contributed by atoms with Gasteiger partial charge in [-0.15, -0.1) is 0 Å². The van der Waals surface area contributed by atoms with Crippen LogP contribution in [-0.4, -0.2) is 22.0 Å². The smallest absolute Gasteiger partial charge is 0.377 e. The molecule has 74 valence electrons. The van der Waals surface area contributed by atoms with Crippen molar-refractivity contribution < 1.29 is 24.2 Å². The number of aliphatic carboxylic acids is 1. The van der Waals surface area contributed by atoms with E-state index < -0.39 is 28.9 Å². The van der Waals surface area contributed by atoms with Gasteiger partial charge in [0.1, 0.15) is 0 Å². The van der Waals surface area contributed by atoms with E-state index in [4.69, 9.17) is 10.2 Å². The van der Waals surface area contributed by atoms with Gasteiger partial charge in [0, 0.05) is 0 Å². The summed E-state index contributed by atoms with van der Waals surface area (Å²) in [7, 11) is 0. The number of carbonyl (C=O) groups excluding carboxylic acids is 1. The average molecular weight is 198 g/mol. The second-order valence-corrected chi connectivity index (χ2v) is 2.73. The lowest BCUT2D eigenvalue weighted by Gasteiger charge is -2.03. The number of aryl methyl sites for hydroxylation is 1. The molecule has 0 fully saturated rings. The summed E-state index contributed by atoms with van der Waals surface area (Å²) in [6, 6.07) is 2.30. The maximum Gasteiger partial charge on any atom is 0.377 e. The Bertz CT molecular complexity index is 412. The lowest BCUT2D eigenvalue weighted by molar-refractivity contribution is -0.131. The molecular formula is C9H7FO4. The van der Waals surface area contributed by atoms with E-state index in [9.17, 15) is 14.0 Å². The Kier molecular flexibility index (Phi) is 2.51. The molecule has 0 aliphatic carbocycles. The Morgan fingerprint density at radius 2 is 1.93 bits per heavy atom. The second-order valence-electron chi connectivity index (χ2n) is 2.73. The van der Waals surface area contributed by atoms with E-state index in [2.05, 4.69) is 0 Å². The molecule has 0 aliphatic heterocycles. The van der Waals surface area contributed by atoms with E-state index in [1.165, 1.54) is 13.0 Å². The van der Waals surface area contributed by atoms with Crippen molar-refractivity contribution in [3.63, 3.8) is 0 Å². The van der Waals surface area contributed by atoms with Crippen LogP contribution < -0.4 is 0 Å². The summed E-state index contributed by atoms with van der Waals surface area (Å²) in [6.45, 7) is 1.39. The van der Waals surface area contributed by atoms with Gasteiger partial charge in [-0.2, -0.15) is 0 Å². The molecule has 4 nitrogen and oxygen atoms in total. The molecule has 0 aliphatic rings. The molecule has 0 atom stereocenters. The Morgan fingerprint density at radius 3 is 2.43 bits per heavy atom. The highest BCUT2D eigenvalue weighted by molar-refractivity contribution is 6.40. The summed E-state index contributed by atoms with van der Waals surface area (Å²) < 4.78 is 13.0. The normalized spacial score (nSPS) is 9.86. The van der Waals surface area contributed by atoms with Crippen molar-refractivity contribution in [1.29, 1.82) is 0 Å². The highest BCUT2D eigenvalue weighted by Crippen LogP contribution is 2.24. The van der Waals surface area contributed by atoms with E-state index in [-0.39, 0.29) is 5.56 Å². The summed E-state index contributed by atoms with van der Waals surface area (Å²) in [5, 5.41) is 17.5. The summed E-state index contributed by atoms with van der Waals surface area (Å²) in [4.78, 5) is 21.2. The molecule has 0 amide bonds. The Labute approximate surface area is 78.6 Å². The zero-order chi connectivity index (χ0) is 10.9. The van der Waals surface area contributed by atoms with Crippen LogP contribution in [0.3, 0.4) is 0 Å². The molecule has 0 spiro atoms. The number of benzene rings is 1. The topological polar surface area (TPSA) is 74.6 Å². The maximum absolute atomic E-state index is 13.0. The van der Waals surface area contributed by atoms with Crippen LogP contribution in [0.1, 0.15) is 15.9 Å². The lowest BCUT2D eigenvalue weighted by atomic mass is 10.1. The third kappa shape index (κ3) is 1.56. The summed E-state index contributed by atoms with van der Waals surface area (Å²) in [5.41, 5.74) is -0.398. The predicted octanol–water partition coefficient (Wildman–Crippen LogP) is 1.11. The summed E-state index contributed by atoms with van der Waals surface area (Å²) in [6.07, 6.45) is 0. The number of ketones is 1. The largest absolute Gasteiger partial charge is 0.504 e. The number of halogens is 1. The molecule has 0 saturated heterocycles. The number of carboxylic acids is 1. The molecular weight excluding hydrogens is 191 g/mol. The number of phenolic OH excluding ortho intramolecular Hbond substituents is 1. The van der Waals surface area contributed by atoms with Gasteiger partial charge < -0.3 is 10.2 Å². The highest BCUT2D eigenvalue weighted by Gasteiger charge is 2.21. The van der Waals surface area contributed by atoms with Crippen LogP contribution in [-0.2, 0) is 4.79 Å². The van der Waals surface area contributed by atoms with Gasteiger partial charge in [-0.25, -0.2) is 9.18 Å². The van der Waals surface area contributed by atoms with Gasteiger partial charge in [0.15, 0.2) is 11.6 Å². The number of Topliss-reactive ketones (excluding diaryl/α,β-unsaturated/α-hetero) is 1.